The van der Waals surface area contributed by atoms with Gasteiger partial charge in [-0.05, 0) is 37.8 Å². The van der Waals surface area contributed by atoms with Gasteiger partial charge in [0.2, 0.25) is 5.95 Å². The van der Waals surface area contributed by atoms with E-state index in [9.17, 15) is 4.79 Å². The van der Waals surface area contributed by atoms with Crippen molar-refractivity contribution in [1.29, 1.82) is 0 Å². The lowest BCUT2D eigenvalue weighted by atomic mass is 10.0. The van der Waals surface area contributed by atoms with Crippen molar-refractivity contribution in [2.45, 2.75) is 45.6 Å². The van der Waals surface area contributed by atoms with Crippen LogP contribution in [-0.2, 0) is 7.05 Å². The first-order valence-corrected chi connectivity index (χ1v) is 10.6. The van der Waals surface area contributed by atoms with Crippen LogP contribution in [0.4, 0.5) is 5.95 Å². The monoisotopic (exact) mass is 406 g/mol. The van der Waals surface area contributed by atoms with E-state index in [0.717, 1.165) is 43.3 Å². The third kappa shape index (κ3) is 3.97. The fourth-order valence-electron chi connectivity index (χ4n) is 4.13. The Kier molecular flexibility index (Phi) is 5.61. The van der Waals surface area contributed by atoms with Gasteiger partial charge in [0.15, 0.2) is 0 Å². The second-order valence-electron chi connectivity index (χ2n) is 8.42. The molecule has 1 aromatic carbocycles. The van der Waals surface area contributed by atoms with Gasteiger partial charge in [-0.3, -0.25) is 4.79 Å². The predicted octanol–water partition coefficient (Wildman–Crippen LogP) is 3.44. The smallest absolute Gasteiger partial charge is 0.255 e. The van der Waals surface area contributed by atoms with E-state index in [1.165, 1.54) is 5.56 Å². The van der Waals surface area contributed by atoms with E-state index >= 15 is 0 Å². The number of anilines is 1. The minimum Gasteiger partial charge on any atom is -0.349 e. The SMILES string of the molecule is Cc1ccc(-n2ncc(C(=O)NC3CCN(c4nccn4C)CC3)c2C(C)C)cc1. The maximum Gasteiger partial charge on any atom is 0.255 e. The summed E-state index contributed by atoms with van der Waals surface area (Å²) in [7, 11) is 2.01. The number of piperidine rings is 1. The van der Waals surface area contributed by atoms with Crippen LogP contribution in [0.25, 0.3) is 5.69 Å². The average Bonchev–Trinajstić information content (AvgIpc) is 3.36. The highest BCUT2D eigenvalue weighted by Crippen LogP contribution is 2.24. The number of hydrogen-bond donors (Lipinski definition) is 1. The Balaban J connectivity index is 1.46. The standard InChI is InChI=1S/C23H30N6O/c1-16(2)21-20(15-25-29(21)19-7-5-17(3)6-8-19)22(30)26-18-9-12-28(13-10-18)23-24-11-14-27(23)4/h5-8,11,14-16,18H,9-10,12-13H2,1-4H3,(H,26,30). The lowest BCUT2D eigenvalue weighted by Crippen LogP contribution is -2.45. The molecule has 30 heavy (non-hydrogen) atoms. The molecule has 1 N–H and O–H groups in total. The quantitative estimate of drug-likeness (QED) is 0.705. The maximum atomic E-state index is 13.1. The first-order chi connectivity index (χ1) is 14.4. The summed E-state index contributed by atoms with van der Waals surface area (Å²) in [5.41, 5.74) is 3.79. The van der Waals surface area contributed by atoms with E-state index in [4.69, 9.17) is 0 Å². The van der Waals surface area contributed by atoms with E-state index in [1.54, 1.807) is 6.20 Å². The second kappa shape index (κ2) is 8.34. The summed E-state index contributed by atoms with van der Waals surface area (Å²) < 4.78 is 3.93. The summed E-state index contributed by atoms with van der Waals surface area (Å²) in [6, 6.07) is 8.38. The number of amides is 1. The van der Waals surface area contributed by atoms with Crippen molar-refractivity contribution < 1.29 is 4.79 Å². The third-order valence-electron chi connectivity index (χ3n) is 5.79. The fraction of sp³-hybridized carbons (Fsp3) is 0.435. The molecule has 2 aromatic heterocycles. The predicted molar refractivity (Wildman–Crippen MR) is 118 cm³/mol. The normalized spacial score (nSPS) is 15.0. The van der Waals surface area contributed by atoms with Gasteiger partial charge in [-0.2, -0.15) is 5.10 Å². The molecule has 0 bridgehead atoms. The van der Waals surface area contributed by atoms with E-state index in [-0.39, 0.29) is 17.9 Å². The summed E-state index contributed by atoms with van der Waals surface area (Å²) in [5, 5.41) is 7.78. The van der Waals surface area contributed by atoms with Gasteiger partial charge in [0, 0.05) is 38.6 Å². The lowest BCUT2D eigenvalue weighted by Gasteiger charge is -2.33. The molecule has 4 rings (SSSR count). The molecule has 0 spiro atoms. The summed E-state index contributed by atoms with van der Waals surface area (Å²) in [6.45, 7) is 8.03. The molecular weight excluding hydrogens is 376 g/mol. The van der Waals surface area contributed by atoms with Gasteiger partial charge in [0.1, 0.15) is 0 Å². The Hall–Kier alpha value is -3.09. The second-order valence-corrected chi connectivity index (χ2v) is 8.42. The molecular formula is C23H30N6O. The molecule has 1 aliphatic heterocycles. The van der Waals surface area contributed by atoms with E-state index in [2.05, 4.69) is 53.2 Å². The van der Waals surface area contributed by atoms with Crippen molar-refractivity contribution >= 4 is 11.9 Å². The molecule has 158 valence electrons. The molecule has 1 saturated heterocycles. The van der Waals surface area contributed by atoms with Crippen LogP contribution in [0.1, 0.15) is 54.2 Å². The van der Waals surface area contributed by atoms with Crippen molar-refractivity contribution in [2.24, 2.45) is 7.05 Å². The van der Waals surface area contributed by atoms with Gasteiger partial charge in [0.25, 0.3) is 5.91 Å². The Morgan fingerprint density at radius 2 is 1.87 bits per heavy atom. The molecule has 1 fully saturated rings. The first-order valence-electron chi connectivity index (χ1n) is 10.6. The average molecular weight is 407 g/mol. The maximum absolute atomic E-state index is 13.1. The van der Waals surface area contributed by atoms with Crippen molar-refractivity contribution in [1.82, 2.24) is 24.6 Å². The Labute approximate surface area is 177 Å². The van der Waals surface area contributed by atoms with Crippen LogP contribution in [-0.4, -0.2) is 44.4 Å². The van der Waals surface area contributed by atoms with Crippen LogP contribution in [0.5, 0.6) is 0 Å². The Morgan fingerprint density at radius 1 is 1.17 bits per heavy atom. The molecule has 0 radical (unpaired) electrons. The van der Waals surface area contributed by atoms with Gasteiger partial charge < -0.3 is 14.8 Å². The summed E-state index contributed by atoms with van der Waals surface area (Å²) >= 11 is 0. The van der Waals surface area contributed by atoms with Gasteiger partial charge in [-0.1, -0.05) is 31.5 Å². The Morgan fingerprint density at radius 3 is 2.47 bits per heavy atom. The van der Waals surface area contributed by atoms with Crippen molar-refractivity contribution in [3.05, 3.63) is 59.7 Å². The number of aromatic nitrogens is 4. The van der Waals surface area contributed by atoms with Crippen molar-refractivity contribution in [2.75, 3.05) is 18.0 Å². The molecule has 0 unspecified atom stereocenters. The lowest BCUT2D eigenvalue weighted by molar-refractivity contribution is 0.0929. The number of nitrogens with one attached hydrogen (secondary N) is 1. The van der Waals surface area contributed by atoms with E-state index in [0.29, 0.717) is 5.56 Å². The van der Waals surface area contributed by atoms with Crippen LogP contribution in [0, 0.1) is 6.92 Å². The number of imidazole rings is 1. The van der Waals surface area contributed by atoms with Gasteiger partial charge >= 0.3 is 0 Å². The van der Waals surface area contributed by atoms with Crippen LogP contribution in [0.2, 0.25) is 0 Å². The van der Waals surface area contributed by atoms with Gasteiger partial charge in [0.05, 0.1) is 23.1 Å². The van der Waals surface area contributed by atoms with Crippen LogP contribution < -0.4 is 10.2 Å². The number of nitrogens with zero attached hydrogens (tertiary/aromatic N) is 5. The molecule has 0 saturated carbocycles. The topological polar surface area (TPSA) is 68.0 Å². The highest BCUT2D eigenvalue weighted by atomic mass is 16.1. The van der Waals surface area contributed by atoms with Crippen molar-refractivity contribution in [3.63, 3.8) is 0 Å². The summed E-state index contributed by atoms with van der Waals surface area (Å²) in [6.07, 6.45) is 7.29. The number of benzene rings is 1. The van der Waals surface area contributed by atoms with E-state index < -0.39 is 0 Å². The van der Waals surface area contributed by atoms with Gasteiger partial charge in [-0.15, -0.1) is 0 Å². The highest BCUT2D eigenvalue weighted by molar-refractivity contribution is 5.95. The highest BCUT2D eigenvalue weighted by Gasteiger charge is 2.26. The fourth-order valence-corrected chi connectivity index (χ4v) is 4.13. The van der Waals surface area contributed by atoms with E-state index in [1.807, 2.05) is 40.8 Å². The minimum absolute atomic E-state index is 0.0347. The zero-order valence-corrected chi connectivity index (χ0v) is 18.2. The number of carbonyl (C=O) groups excluding carboxylic acids is 1. The van der Waals surface area contributed by atoms with Crippen molar-refractivity contribution in [3.8, 4) is 5.69 Å². The van der Waals surface area contributed by atoms with Crippen LogP contribution in [0.3, 0.4) is 0 Å². The Bertz CT molecular complexity index is 1010. The molecule has 0 atom stereocenters. The third-order valence-corrected chi connectivity index (χ3v) is 5.79. The zero-order valence-electron chi connectivity index (χ0n) is 18.2. The number of carbonyl (C=O) groups is 1. The first kappa shape index (κ1) is 20.2. The van der Waals surface area contributed by atoms with Gasteiger partial charge in [-0.25, -0.2) is 9.67 Å². The summed E-state index contributed by atoms with van der Waals surface area (Å²) in [4.78, 5) is 19.8. The summed E-state index contributed by atoms with van der Waals surface area (Å²) in [5.74, 6) is 1.13. The van der Waals surface area contributed by atoms with Crippen LogP contribution >= 0.6 is 0 Å². The largest absolute Gasteiger partial charge is 0.349 e. The molecule has 3 aromatic rings. The number of aryl methyl sites for hydroxylation is 2. The molecule has 0 aliphatic carbocycles. The minimum atomic E-state index is -0.0347. The van der Waals surface area contributed by atoms with Crippen LogP contribution in [0.15, 0.2) is 42.9 Å². The number of rotatable bonds is 5. The molecule has 3 heterocycles. The molecule has 7 nitrogen and oxygen atoms in total. The molecule has 1 aliphatic rings. The zero-order chi connectivity index (χ0) is 21.3. The molecule has 7 heteroatoms. The molecule has 1 amide bonds. The number of hydrogen-bond acceptors (Lipinski definition) is 4.